The van der Waals surface area contributed by atoms with E-state index in [-0.39, 0.29) is 11.4 Å². The van der Waals surface area contributed by atoms with Crippen molar-refractivity contribution < 1.29 is 9.21 Å². The van der Waals surface area contributed by atoms with E-state index >= 15 is 0 Å². The lowest BCUT2D eigenvalue weighted by Crippen LogP contribution is -2.52. The minimum atomic E-state index is -0.118. The van der Waals surface area contributed by atoms with Gasteiger partial charge in [-0.05, 0) is 62.3 Å². The average Bonchev–Trinajstić information content (AvgIpc) is 2.89. The Labute approximate surface area is 140 Å². The lowest BCUT2D eigenvalue weighted by molar-refractivity contribution is 0.0827. The first-order valence-electron chi connectivity index (χ1n) is 8.23. The van der Waals surface area contributed by atoms with Crippen LogP contribution in [0.3, 0.4) is 0 Å². The molecule has 120 valence electrons. The van der Waals surface area contributed by atoms with E-state index in [1.807, 2.05) is 6.07 Å². The van der Waals surface area contributed by atoms with Gasteiger partial charge in [0.1, 0.15) is 5.58 Å². The molecule has 0 saturated heterocycles. The van der Waals surface area contributed by atoms with Crippen LogP contribution in [0, 0.1) is 5.92 Å². The lowest BCUT2D eigenvalue weighted by Gasteiger charge is -2.44. The van der Waals surface area contributed by atoms with Crippen LogP contribution in [-0.4, -0.2) is 11.4 Å². The van der Waals surface area contributed by atoms with Gasteiger partial charge < -0.3 is 9.73 Å². The first-order chi connectivity index (χ1) is 11.0. The van der Waals surface area contributed by atoms with Crippen LogP contribution >= 0.6 is 11.6 Å². The highest BCUT2D eigenvalue weighted by molar-refractivity contribution is 6.31. The Hall–Kier alpha value is -1.74. The number of furan rings is 1. The van der Waals surface area contributed by atoms with Crippen molar-refractivity contribution in [3.8, 4) is 0 Å². The third-order valence-electron chi connectivity index (χ3n) is 5.05. The second-order valence-corrected chi connectivity index (χ2v) is 7.55. The average molecular weight is 330 g/mol. The van der Waals surface area contributed by atoms with Gasteiger partial charge in [-0.1, -0.05) is 30.2 Å². The highest BCUT2D eigenvalue weighted by Crippen LogP contribution is 2.42. The van der Waals surface area contributed by atoms with Crippen LogP contribution in [0.4, 0.5) is 0 Å². The van der Waals surface area contributed by atoms with Crippen molar-refractivity contribution in [2.45, 2.75) is 44.6 Å². The molecule has 1 aromatic heterocycles. The molecule has 2 atom stereocenters. The summed E-state index contributed by atoms with van der Waals surface area (Å²) in [6.07, 6.45) is 7.61. The molecule has 2 aliphatic carbocycles. The second kappa shape index (κ2) is 5.41. The van der Waals surface area contributed by atoms with E-state index in [4.69, 9.17) is 16.0 Å². The molecular weight excluding hydrogens is 310 g/mol. The molecule has 1 fully saturated rings. The standard InChI is InChI=1S/C19H20ClNO2/c1-12-7-13-3-2-6-19(10-12,11-13)21-18(22)17-9-14-8-15(20)4-5-16(14)23-17/h3-5,8-9,12H,2,6-7,10-11H2,1H3,(H,21,22). The normalized spacial score (nSPS) is 26.9. The van der Waals surface area contributed by atoms with Crippen LogP contribution in [0.5, 0.6) is 0 Å². The van der Waals surface area contributed by atoms with Crippen molar-refractivity contribution in [3.05, 3.63) is 46.7 Å². The molecule has 23 heavy (non-hydrogen) atoms. The zero-order chi connectivity index (χ0) is 16.0. The van der Waals surface area contributed by atoms with Gasteiger partial charge in [-0.3, -0.25) is 4.79 Å². The summed E-state index contributed by atoms with van der Waals surface area (Å²) in [4.78, 5) is 12.7. The molecule has 4 heteroatoms. The molecule has 1 heterocycles. The molecule has 0 radical (unpaired) electrons. The Morgan fingerprint density at radius 3 is 3.13 bits per heavy atom. The molecule has 1 amide bonds. The maximum atomic E-state index is 12.7. The molecule has 1 aromatic carbocycles. The van der Waals surface area contributed by atoms with Crippen LogP contribution in [0.1, 0.15) is 49.6 Å². The fraction of sp³-hybridized carbons (Fsp3) is 0.421. The van der Waals surface area contributed by atoms with Gasteiger partial charge in [0.25, 0.3) is 5.91 Å². The highest BCUT2D eigenvalue weighted by atomic mass is 35.5. The smallest absolute Gasteiger partial charge is 0.287 e. The zero-order valence-electron chi connectivity index (χ0n) is 13.2. The maximum absolute atomic E-state index is 12.7. The molecular formula is C19H20ClNO2. The molecule has 3 nitrogen and oxygen atoms in total. The van der Waals surface area contributed by atoms with Crippen molar-refractivity contribution in [2.75, 3.05) is 0 Å². The summed E-state index contributed by atoms with van der Waals surface area (Å²) in [6.45, 7) is 2.27. The van der Waals surface area contributed by atoms with E-state index in [0.29, 0.717) is 22.3 Å². The van der Waals surface area contributed by atoms with Gasteiger partial charge >= 0.3 is 0 Å². The number of carbonyl (C=O) groups excluding carboxylic acids is 1. The Kier molecular flexibility index (Phi) is 3.49. The molecule has 0 spiro atoms. The van der Waals surface area contributed by atoms with Crippen molar-refractivity contribution in [1.29, 1.82) is 0 Å². The number of carbonyl (C=O) groups is 1. The van der Waals surface area contributed by atoms with Crippen LogP contribution in [0.25, 0.3) is 11.0 Å². The first kappa shape index (κ1) is 14.8. The maximum Gasteiger partial charge on any atom is 0.287 e. The van der Waals surface area contributed by atoms with Gasteiger partial charge in [0.2, 0.25) is 0 Å². The number of fused-ring (bicyclic) bond motifs is 3. The third kappa shape index (κ3) is 2.78. The number of hydrogen-bond acceptors (Lipinski definition) is 2. The number of amides is 1. The van der Waals surface area contributed by atoms with Crippen molar-refractivity contribution in [3.63, 3.8) is 0 Å². The zero-order valence-corrected chi connectivity index (χ0v) is 14.0. The van der Waals surface area contributed by atoms with Gasteiger partial charge in [0.05, 0.1) is 0 Å². The minimum Gasteiger partial charge on any atom is -0.451 e. The topological polar surface area (TPSA) is 42.2 Å². The number of hydrogen-bond donors (Lipinski definition) is 1. The fourth-order valence-corrected chi connectivity index (χ4v) is 4.43. The molecule has 1 saturated carbocycles. The summed E-state index contributed by atoms with van der Waals surface area (Å²) in [6, 6.07) is 7.17. The SMILES string of the molecule is CC1CC2=CCCC(NC(=O)c3cc4cc(Cl)ccc4o3)(C2)C1. The summed E-state index contributed by atoms with van der Waals surface area (Å²) < 4.78 is 5.70. The second-order valence-electron chi connectivity index (χ2n) is 7.12. The van der Waals surface area contributed by atoms with Crippen molar-refractivity contribution >= 4 is 28.5 Å². The van der Waals surface area contributed by atoms with Crippen molar-refractivity contribution in [2.24, 2.45) is 5.92 Å². The van der Waals surface area contributed by atoms with E-state index in [0.717, 1.165) is 31.1 Å². The Bertz CT molecular complexity index is 807. The Morgan fingerprint density at radius 2 is 2.26 bits per heavy atom. The van der Waals surface area contributed by atoms with Gasteiger partial charge in [-0.15, -0.1) is 0 Å². The third-order valence-corrected chi connectivity index (χ3v) is 5.29. The van der Waals surface area contributed by atoms with Gasteiger partial charge in [0.15, 0.2) is 5.76 Å². The van der Waals surface area contributed by atoms with E-state index in [1.54, 1.807) is 18.2 Å². The van der Waals surface area contributed by atoms with Crippen LogP contribution in [-0.2, 0) is 0 Å². The quantitative estimate of drug-likeness (QED) is 0.779. The predicted octanol–water partition coefficient (Wildman–Crippen LogP) is 5.10. The molecule has 4 rings (SSSR count). The minimum absolute atomic E-state index is 0.102. The molecule has 2 unspecified atom stereocenters. The van der Waals surface area contributed by atoms with E-state index in [2.05, 4.69) is 18.3 Å². The predicted molar refractivity (Wildman–Crippen MR) is 91.8 cm³/mol. The summed E-state index contributed by atoms with van der Waals surface area (Å²) >= 11 is 6.00. The van der Waals surface area contributed by atoms with Crippen LogP contribution in [0.2, 0.25) is 5.02 Å². The summed E-state index contributed by atoms with van der Waals surface area (Å²) in [7, 11) is 0. The molecule has 1 N–H and O–H groups in total. The van der Waals surface area contributed by atoms with Gasteiger partial charge in [0, 0.05) is 15.9 Å². The fourth-order valence-electron chi connectivity index (χ4n) is 4.25. The van der Waals surface area contributed by atoms with E-state index < -0.39 is 0 Å². The molecule has 0 aliphatic heterocycles. The molecule has 2 aliphatic rings. The first-order valence-corrected chi connectivity index (χ1v) is 8.60. The van der Waals surface area contributed by atoms with Crippen LogP contribution < -0.4 is 5.32 Å². The molecule has 2 bridgehead atoms. The summed E-state index contributed by atoms with van der Waals surface area (Å²) in [5.74, 6) is 0.865. The number of halogens is 1. The van der Waals surface area contributed by atoms with E-state index in [1.165, 1.54) is 12.0 Å². The summed E-state index contributed by atoms with van der Waals surface area (Å²) in [5.41, 5.74) is 2.08. The van der Waals surface area contributed by atoms with E-state index in [9.17, 15) is 4.79 Å². The number of rotatable bonds is 2. The highest BCUT2D eigenvalue weighted by Gasteiger charge is 2.40. The Morgan fingerprint density at radius 1 is 1.39 bits per heavy atom. The molecule has 2 aromatic rings. The summed E-state index contributed by atoms with van der Waals surface area (Å²) in [5, 5.41) is 4.79. The van der Waals surface area contributed by atoms with Crippen molar-refractivity contribution in [1.82, 2.24) is 5.32 Å². The Balaban J connectivity index is 1.60. The largest absolute Gasteiger partial charge is 0.451 e. The number of nitrogens with one attached hydrogen (secondary N) is 1. The van der Waals surface area contributed by atoms with Gasteiger partial charge in [-0.2, -0.15) is 0 Å². The van der Waals surface area contributed by atoms with Crippen LogP contribution in [0.15, 0.2) is 40.3 Å². The van der Waals surface area contributed by atoms with Gasteiger partial charge in [-0.25, -0.2) is 0 Å². The number of benzene rings is 1. The lowest BCUT2D eigenvalue weighted by atomic mass is 9.68. The number of allylic oxidation sites excluding steroid dienone is 1. The monoisotopic (exact) mass is 329 g/mol.